The molecule has 0 radical (unpaired) electrons. The first-order valence-corrected chi connectivity index (χ1v) is 6.88. The van der Waals surface area contributed by atoms with Gasteiger partial charge in [0, 0.05) is 0 Å². The van der Waals surface area contributed by atoms with Crippen molar-refractivity contribution >= 4 is 23.0 Å². The van der Waals surface area contributed by atoms with Crippen LogP contribution >= 0.6 is 11.3 Å². The Morgan fingerprint density at radius 1 is 1.41 bits per heavy atom. The summed E-state index contributed by atoms with van der Waals surface area (Å²) < 4.78 is 44.8. The van der Waals surface area contributed by atoms with Crippen molar-refractivity contribution in [2.75, 3.05) is 7.11 Å². The fraction of sp³-hybridized carbons (Fsp3) is 0.154. The van der Waals surface area contributed by atoms with Gasteiger partial charge in [-0.25, -0.2) is 14.3 Å². The number of aromatic nitrogens is 3. The Kier molecular flexibility index (Phi) is 3.36. The van der Waals surface area contributed by atoms with Crippen LogP contribution in [-0.2, 0) is 10.9 Å². The highest BCUT2D eigenvalue weighted by Gasteiger charge is 2.36. The number of hydrogen-bond acceptors (Lipinski definition) is 5. The Balaban J connectivity index is 2.33. The molecule has 0 N–H and O–H groups in total. The third-order valence-corrected chi connectivity index (χ3v) is 3.83. The van der Waals surface area contributed by atoms with E-state index in [1.807, 2.05) is 0 Å². The maximum atomic E-state index is 13.2. The van der Waals surface area contributed by atoms with E-state index in [1.165, 1.54) is 11.3 Å². The highest BCUT2D eigenvalue weighted by Crippen LogP contribution is 2.33. The van der Waals surface area contributed by atoms with Crippen molar-refractivity contribution in [3.63, 3.8) is 0 Å². The maximum absolute atomic E-state index is 13.2. The standard InChI is InChI=1S/C13H8F3N3O2S/c1-21-12(20)7-6-17-19-10(13(14,15)16)5-8(18-11(7)19)9-3-2-4-22-9/h2-6H,1H3. The summed E-state index contributed by atoms with van der Waals surface area (Å²) in [5.41, 5.74) is -1.19. The molecule has 0 aromatic carbocycles. The molecule has 0 aliphatic heterocycles. The minimum Gasteiger partial charge on any atom is -0.465 e. The summed E-state index contributed by atoms with van der Waals surface area (Å²) in [5.74, 6) is -0.793. The number of esters is 1. The third-order valence-electron chi connectivity index (χ3n) is 2.94. The van der Waals surface area contributed by atoms with Gasteiger partial charge in [0.1, 0.15) is 5.56 Å². The lowest BCUT2D eigenvalue weighted by Gasteiger charge is -2.10. The molecule has 0 spiro atoms. The van der Waals surface area contributed by atoms with Gasteiger partial charge in [-0.1, -0.05) is 6.07 Å². The molecule has 3 heterocycles. The number of rotatable bonds is 2. The molecule has 0 saturated heterocycles. The predicted octanol–water partition coefficient (Wildman–Crippen LogP) is 3.26. The van der Waals surface area contributed by atoms with Crippen LogP contribution in [0.3, 0.4) is 0 Å². The number of hydrogen-bond donors (Lipinski definition) is 0. The summed E-state index contributed by atoms with van der Waals surface area (Å²) >= 11 is 1.25. The number of carbonyl (C=O) groups excluding carboxylic acids is 1. The molecule has 114 valence electrons. The van der Waals surface area contributed by atoms with Crippen molar-refractivity contribution in [1.82, 2.24) is 14.6 Å². The highest BCUT2D eigenvalue weighted by atomic mass is 32.1. The van der Waals surface area contributed by atoms with E-state index in [9.17, 15) is 18.0 Å². The Labute approximate surface area is 126 Å². The minimum atomic E-state index is -4.63. The Morgan fingerprint density at radius 2 is 2.18 bits per heavy atom. The lowest BCUT2D eigenvalue weighted by atomic mass is 10.2. The smallest absolute Gasteiger partial charge is 0.433 e. The zero-order chi connectivity index (χ0) is 15.9. The lowest BCUT2D eigenvalue weighted by molar-refractivity contribution is -0.142. The van der Waals surface area contributed by atoms with E-state index in [2.05, 4.69) is 14.8 Å². The SMILES string of the molecule is COC(=O)c1cnn2c(C(F)(F)F)cc(-c3cccs3)nc12. The zero-order valence-corrected chi connectivity index (χ0v) is 11.9. The average Bonchev–Trinajstić information content (AvgIpc) is 3.13. The second-order valence-corrected chi connectivity index (χ2v) is 5.23. The quantitative estimate of drug-likeness (QED) is 0.678. The highest BCUT2D eigenvalue weighted by molar-refractivity contribution is 7.13. The van der Waals surface area contributed by atoms with Gasteiger partial charge < -0.3 is 4.74 Å². The van der Waals surface area contributed by atoms with Crippen molar-refractivity contribution in [3.05, 3.63) is 41.0 Å². The summed E-state index contributed by atoms with van der Waals surface area (Å²) in [5, 5.41) is 5.34. The Bertz CT molecular complexity index is 840. The van der Waals surface area contributed by atoms with Crippen LogP contribution in [0.1, 0.15) is 16.1 Å². The van der Waals surface area contributed by atoms with Gasteiger partial charge in [-0.15, -0.1) is 11.3 Å². The first kappa shape index (κ1) is 14.5. The second-order valence-electron chi connectivity index (χ2n) is 4.29. The fourth-order valence-electron chi connectivity index (χ4n) is 1.97. The third kappa shape index (κ3) is 2.33. The average molecular weight is 327 g/mol. The number of nitrogens with zero attached hydrogens (tertiary/aromatic N) is 3. The van der Waals surface area contributed by atoms with Gasteiger partial charge in [0.15, 0.2) is 11.3 Å². The molecular weight excluding hydrogens is 319 g/mol. The number of thiophene rings is 1. The summed E-state index contributed by atoms with van der Waals surface area (Å²) in [6, 6.07) is 4.27. The van der Waals surface area contributed by atoms with Crippen LogP contribution in [0.15, 0.2) is 29.8 Å². The fourth-order valence-corrected chi connectivity index (χ4v) is 2.66. The van der Waals surface area contributed by atoms with Gasteiger partial charge in [0.25, 0.3) is 0 Å². The van der Waals surface area contributed by atoms with E-state index in [1.54, 1.807) is 17.5 Å². The number of halogens is 3. The largest absolute Gasteiger partial charge is 0.465 e. The van der Waals surface area contributed by atoms with Gasteiger partial charge in [-0.3, -0.25) is 0 Å². The summed E-state index contributed by atoms with van der Waals surface area (Å²) in [6.45, 7) is 0. The van der Waals surface area contributed by atoms with Gasteiger partial charge in [0.2, 0.25) is 0 Å². The molecule has 0 atom stereocenters. The Morgan fingerprint density at radius 3 is 2.77 bits per heavy atom. The molecule has 0 aliphatic rings. The molecule has 22 heavy (non-hydrogen) atoms. The van der Waals surface area contributed by atoms with E-state index in [0.717, 1.165) is 19.4 Å². The minimum absolute atomic E-state index is 0.119. The summed E-state index contributed by atoms with van der Waals surface area (Å²) in [4.78, 5) is 16.3. The maximum Gasteiger partial charge on any atom is 0.433 e. The van der Waals surface area contributed by atoms with Gasteiger partial charge in [-0.05, 0) is 17.5 Å². The number of alkyl halides is 3. The van der Waals surface area contributed by atoms with E-state index in [4.69, 9.17) is 0 Å². The molecule has 0 fully saturated rings. The first-order chi connectivity index (χ1) is 10.4. The lowest BCUT2D eigenvalue weighted by Crippen LogP contribution is -2.14. The zero-order valence-electron chi connectivity index (χ0n) is 11.1. The predicted molar refractivity (Wildman–Crippen MR) is 72.6 cm³/mol. The van der Waals surface area contributed by atoms with E-state index in [0.29, 0.717) is 9.39 Å². The number of fused-ring (bicyclic) bond motifs is 1. The van der Waals surface area contributed by atoms with Crippen molar-refractivity contribution in [2.45, 2.75) is 6.18 Å². The summed E-state index contributed by atoms with van der Waals surface area (Å²) in [6.07, 6.45) is -3.62. The molecule has 3 aromatic rings. The van der Waals surface area contributed by atoms with E-state index < -0.39 is 17.8 Å². The number of methoxy groups -OCH3 is 1. The van der Waals surface area contributed by atoms with Gasteiger partial charge in [-0.2, -0.15) is 18.3 Å². The molecular formula is C13H8F3N3O2S. The monoisotopic (exact) mass is 327 g/mol. The van der Waals surface area contributed by atoms with Crippen LogP contribution in [-0.4, -0.2) is 27.7 Å². The van der Waals surface area contributed by atoms with Crippen LogP contribution in [0.25, 0.3) is 16.2 Å². The van der Waals surface area contributed by atoms with Crippen LogP contribution in [0.2, 0.25) is 0 Å². The number of ether oxygens (including phenoxy) is 1. The van der Waals surface area contributed by atoms with Gasteiger partial charge in [0.05, 0.1) is 23.9 Å². The van der Waals surface area contributed by atoms with Gasteiger partial charge >= 0.3 is 12.1 Å². The van der Waals surface area contributed by atoms with E-state index in [-0.39, 0.29) is 16.9 Å². The van der Waals surface area contributed by atoms with E-state index >= 15 is 0 Å². The van der Waals surface area contributed by atoms with Crippen molar-refractivity contribution < 1.29 is 22.7 Å². The number of carbonyl (C=O) groups is 1. The van der Waals surface area contributed by atoms with Crippen molar-refractivity contribution in [3.8, 4) is 10.6 Å². The molecule has 3 aromatic heterocycles. The van der Waals surface area contributed by atoms with Crippen LogP contribution < -0.4 is 0 Å². The molecule has 0 aliphatic carbocycles. The Hall–Kier alpha value is -2.42. The van der Waals surface area contributed by atoms with Crippen LogP contribution in [0.5, 0.6) is 0 Å². The molecule has 0 amide bonds. The molecule has 0 unspecified atom stereocenters. The molecule has 9 heteroatoms. The second kappa shape index (κ2) is 5.09. The normalized spacial score (nSPS) is 11.8. The molecule has 3 rings (SSSR count). The van der Waals surface area contributed by atoms with Crippen LogP contribution in [0, 0.1) is 0 Å². The van der Waals surface area contributed by atoms with Crippen molar-refractivity contribution in [2.24, 2.45) is 0 Å². The molecule has 0 saturated carbocycles. The molecule has 5 nitrogen and oxygen atoms in total. The topological polar surface area (TPSA) is 56.5 Å². The molecule has 0 bridgehead atoms. The van der Waals surface area contributed by atoms with Crippen molar-refractivity contribution in [1.29, 1.82) is 0 Å². The first-order valence-electron chi connectivity index (χ1n) is 6.00. The summed E-state index contributed by atoms with van der Waals surface area (Å²) in [7, 11) is 1.14. The van der Waals surface area contributed by atoms with Crippen LogP contribution in [0.4, 0.5) is 13.2 Å².